The maximum absolute atomic E-state index is 12.7. The first-order valence-corrected chi connectivity index (χ1v) is 12.0. The van der Waals surface area contributed by atoms with Crippen LogP contribution in [-0.4, -0.2) is 50.4 Å². The number of para-hydroxylation sites is 1. The second kappa shape index (κ2) is 8.85. The van der Waals surface area contributed by atoms with Crippen LogP contribution in [0, 0.1) is 0 Å². The number of benzene rings is 2. The molecule has 1 N–H and O–H groups in total. The van der Waals surface area contributed by atoms with Crippen molar-refractivity contribution in [3.8, 4) is 0 Å². The fourth-order valence-electron chi connectivity index (χ4n) is 3.33. The number of amides is 1. The molecule has 1 aromatic heterocycles. The van der Waals surface area contributed by atoms with E-state index in [0.29, 0.717) is 18.8 Å². The molecular formula is C21H22N4O3S2. The highest BCUT2D eigenvalue weighted by Crippen LogP contribution is 2.21. The minimum Gasteiger partial charge on any atom is -0.368 e. The fraction of sp³-hybridized carbons (Fsp3) is 0.238. The SMILES string of the molecule is O=C(Cc1csc(NS(=O)(=O)c2ccccc2)n1)N1CCN(c2ccccc2)CC1. The first kappa shape index (κ1) is 20.4. The summed E-state index contributed by atoms with van der Waals surface area (Å²) in [7, 11) is -3.68. The average molecular weight is 443 g/mol. The molecule has 1 saturated heterocycles. The van der Waals surface area contributed by atoms with E-state index in [-0.39, 0.29) is 22.4 Å². The van der Waals surface area contributed by atoms with Crippen molar-refractivity contribution in [3.05, 3.63) is 71.7 Å². The topological polar surface area (TPSA) is 82.6 Å². The Labute approximate surface area is 180 Å². The van der Waals surface area contributed by atoms with Gasteiger partial charge in [-0.2, -0.15) is 0 Å². The fourth-order valence-corrected chi connectivity index (χ4v) is 5.31. The molecule has 9 heteroatoms. The summed E-state index contributed by atoms with van der Waals surface area (Å²) in [5, 5.41) is 1.98. The smallest absolute Gasteiger partial charge is 0.263 e. The van der Waals surface area contributed by atoms with Crippen LogP contribution in [0.2, 0.25) is 0 Å². The van der Waals surface area contributed by atoms with Crippen LogP contribution in [0.4, 0.5) is 10.8 Å². The molecule has 0 aliphatic carbocycles. The van der Waals surface area contributed by atoms with E-state index in [9.17, 15) is 13.2 Å². The predicted octanol–water partition coefficient (Wildman–Crippen LogP) is 2.84. The van der Waals surface area contributed by atoms with Gasteiger partial charge in [-0.3, -0.25) is 9.52 Å². The van der Waals surface area contributed by atoms with Crippen LogP contribution in [0.1, 0.15) is 5.69 Å². The quantitative estimate of drug-likeness (QED) is 0.635. The van der Waals surface area contributed by atoms with Crippen LogP contribution in [0.15, 0.2) is 70.9 Å². The molecule has 0 saturated carbocycles. The maximum atomic E-state index is 12.7. The van der Waals surface area contributed by atoms with Crippen LogP contribution < -0.4 is 9.62 Å². The summed E-state index contributed by atoms with van der Waals surface area (Å²) in [5.74, 6) is 0.00507. The molecule has 0 unspecified atom stereocenters. The molecule has 0 atom stereocenters. The number of nitrogens with zero attached hydrogens (tertiary/aromatic N) is 3. The number of sulfonamides is 1. The van der Waals surface area contributed by atoms with Gasteiger partial charge in [0.15, 0.2) is 5.13 Å². The second-order valence-corrected chi connectivity index (χ2v) is 9.48. The number of rotatable bonds is 6. The number of nitrogens with one attached hydrogen (secondary N) is 1. The third kappa shape index (κ3) is 4.80. The van der Waals surface area contributed by atoms with E-state index in [1.807, 2.05) is 23.1 Å². The van der Waals surface area contributed by atoms with Gasteiger partial charge in [0, 0.05) is 37.2 Å². The van der Waals surface area contributed by atoms with Crippen molar-refractivity contribution in [1.29, 1.82) is 0 Å². The number of carbonyl (C=O) groups is 1. The monoisotopic (exact) mass is 442 g/mol. The highest BCUT2D eigenvalue weighted by Gasteiger charge is 2.22. The summed E-state index contributed by atoms with van der Waals surface area (Å²) < 4.78 is 27.3. The van der Waals surface area contributed by atoms with Gasteiger partial charge in [0.25, 0.3) is 10.0 Å². The normalized spacial score (nSPS) is 14.5. The summed E-state index contributed by atoms with van der Waals surface area (Å²) in [6.45, 7) is 2.89. The van der Waals surface area contributed by atoms with E-state index in [4.69, 9.17) is 0 Å². The Bertz CT molecular complexity index is 1090. The molecule has 2 heterocycles. The van der Waals surface area contributed by atoms with Gasteiger partial charge in [-0.1, -0.05) is 36.4 Å². The molecule has 2 aromatic carbocycles. The second-order valence-electron chi connectivity index (χ2n) is 6.94. The predicted molar refractivity (Wildman–Crippen MR) is 118 cm³/mol. The van der Waals surface area contributed by atoms with Crippen molar-refractivity contribution in [3.63, 3.8) is 0 Å². The summed E-state index contributed by atoms with van der Waals surface area (Å²) in [6.07, 6.45) is 0.162. The molecule has 1 aliphatic rings. The summed E-state index contributed by atoms with van der Waals surface area (Å²) in [4.78, 5) is 21.2. The molecule has 7 nitrogen and oxygen atoms in total. The van der Waals surface area contributed by atoms with Crippen molar-refractivity contribution < 1.29 is 13.2 Å². The number of thiazole rings is 1. The zero-order valence-electron chi connectivity index (χ0n) is 16.3. The maximum Gasteiger partial charge on any atom is 0.263 e. The van der Waals surface area contributed by atoms with E-state index in [2.05, 4.69) is 26.7 Å². The van der Waals surface area contributed by atoms with Gasteiger partial charge in [-0.05, 0) is 24.3 Å². The van der Waals surface area contributed by atoms with Gasteiger partial charge in [-0.15, -0.1) is 11.3 Å². The molecule has 1 fully saturated rings. The molecular weight excluding hydrogens is 420 g/mol. The molecule has 30 heavy (non-hydrogen) atoms. The van der Waals surface area contributed by atoms with Crippen molar-refractivity contribution in [2.24, 2.45) is 0 Å². The lowest BCUT2D eigenvalue weighted by Gasteiger charge is -2.36. The zero-order valence-corrected chi connectivity index (χ0v) is 17.9. The Balaban J connectivity index is 1.32. The summed E-state index contributed by atoms with van der Waals surface area (Å²) >= 11 is 1.18. The minimum absolute atomic E-state index is 0.00507. The molecule has 1 amide bonds. The Hall–Kier alpha value is -2.91. The van der Waals surface area contributed by atoms with Crippen LogP contribution >= 0.6 is 11.3 Å². The molecule has 1 aliphatic heterocycles. The number of piperazine rings is 1. The van der Waals surface area contributed by atoms with Crippen LogP contribution in [-0.2, 0) is 21.2 Å². The van der Waals surface area contributed by atoms with Crippen LogP contribution in [0.25, 0.3) is 0 Å². The van der Waals surface area contributed by atoms with Crippen LogP contribution in [0.5, 0.6) is 0 Å². The lowest BCUT2D eigenvalue weighted by atomic mass is 10.2. The lowest BCUT2D eigenvalue weighted by Crippen LogP contribution is -2.49. The van der Waals surface area contributed by atoms with Crippen molar-refractivity contribution in [2.45, 2.75) is 11.3 Å². The Morgan fingerprint density at radius 2 is 1.60 bits per heavy atom. The highest BCUT2D eigenvalue weighted by molar-refractivity contribution is 7.93. The van der Waals surface area contributed by atoms with Crippen LogP contribution in [0.3, 0.4) is 0 Å². The van der Waals surface area contributed by atoms with E-state index >= 15 is 0 Å². The number of aromatic nitrogens is 1. The van der Waals surface area contributed by atoms with Gasteiger partial charge in [0.05, 0.1) is 17.0 Å². The minimum atomic E-state index is -3.68. The lowest BCUT2D eigenvalue weighted by molar-refractivity contribution is -0.130. The van der Waals surface area contributed by atoms with Crippen molar-refractivity contribution in [2.75, 3.05) is 35.8 Å². The highest BCUT2D eigenvalue weighted by atomic mass is 32.2. The number of anilines is 2. The van der Waals surface area contributed by atoms with Crippen molar-refractivity contribution >= 4 is 38.1 Å². The number of carbonyl (C=O) groups excluding carboxylic acids is 1. The van der Waals surface area contributed by atoms with E-state index in [1.54, 1.807) is 23.6 Å². The third-order valence-electron chi connectivity index (χ3n) is 4.91. The van der Waals surface area contributed by atoms with Gasteiger partial charge in [0.1, 0.15) is 0 Å². The summed E-state index contributed by atoms with van der Waals surface area (Å²) in [5.41, 5.74) is 1.74. The number of hydrogen-bond acceptors (Lipinski definition) is 6. The van der Waals surface area contributed by atoms with Gasteiger partial charge in [-0.25, -0.2) is 13.4 Å². The molecule has 156 valence electrons. The molecule has 4 rings (SSSR count). The van der Waals surface area contributed by atoms with Gasteiger partial charge in [0.2, 0.25) is 5.91 Å². The van der Waals surface area contributed by atoms with Crippen molar-refractivity contribution in [1.82, 2.24) is 9.88 Å². The zero-order chi connectivity index (χ0) is 21.0. The Morgan fingerprint density at radius 1 is 0.967 bits per heavy atom. The Morgan fingerprint density at radius 3 is 2.27 bits per heavy atom. The van der Waals surface area contributed by atoms with E-state index in [0.717, 1.165) is 13.1 Å². The average Bonchev–Trinajstić information content (AvgIpc) is 3.21. The Kier molecular flexibility index (Phi) is 6.01. The summed E-state index contributed by atoms with van der Waals surface area (Å²) in [6, 6.07) is 18.3. The molecule has 0 bridgehead atoms. The first-order valence-electron chi connectivity index (χ1n) is 9.61. The first-order chi connectivity index (χ1) is 14.5. The standard InChI is InChI=1S/C21H22N4O3S2/c26-20(25-13-11-24(12-14-25)18-7-3-1-4-8-18)15-17-16-29-21(22-17)23-30(27,28)19-9-5-2-6-10-19/h1-10,16H,11-15H2,(H,22,23). The van der Waals surface area contributed by atoms with E-state index < -0.39 is 10.0 Å². The number of hydrogen-bond donors (Lipinski definition) is 1. The molecule has 3 aromatic rings. The van der Waals surface area contributed by atoms with E-state index in [1.165, 1.54) is 29.2 Å². The third-order valence-corrected chi connectivity index (χ3v) is 7.20. The van der Waals surface area contributed by atoms with Gasteiger partial charge >= 0.3 is 0 Å². The largest absolute Gasteiger partial charge is 0.368 e. The molecule has 0 radical (unpaired) electrons. The van der Waals surface area contributed by atoms with Gasteiger partial charge < -0.3 is 9.80 Å². The molecule has 0 spiro atoms.